The molecule has 0 saturated heterocycles. The molecule has 0 unspecified atom stereocenters. The molecule has 1 N–H and O–H groups in total. The van der Waals surface area contributed by atoms with Gasteiger partial charge in [-0.2, -0.15) is 0 Å². The molecule has 0 amide bonds. The lowest BCUT2D eigenvalue weighted by molar-refractivity contribution is 0.689. The van der Waals surface area contributed by atoms with Crippen LogP contribution in [0, 0.1) is 0 Å². The fourth-order valence-corrected chi connectivity index (χ4v) is 1.20. The molecule has 0 saturated carbocycles. The van der Waals surface area contributed by atoms with E-state index < -0.39 is 0 Å². The predicted molar refractivity (Wildman–Crippen MR) is 60.2 cm³/mol. The first-order chi connectivity index (χ1) is 7.07. The summed E-state index contributed by atoms with van der Waals surface area (Å²) >= 11 is 0. The largest absolute Gasteiger partial charge is 0.371 e. The Bertz CT molecular complexity index is 471. The van der Waals surface area contributed by atoms with Gasteiger partial charge in [0.05, 0.1) is 0 Å². The van der Waals surface area contributed by atoms with Crippen LogP contribution in [0.3, 0.4) is 0 Å². The van der Waals surface area contributed by atoms with E-state index in [1.165, 1.54) is 17.7 Å². The Kier molecular flexibility index (Phi) is 3.49. The van der Waals surface area contributed by atoms with Gasteiger partial charge in [-0.15, -0.1) is 6.58 Å². The van der Waals surface area contributed by atoms with E-state index in [0.717, 1.165) is 11.0 Å². The molecular weight excluding hydrogens is 194 g/mol. The average Bonchev–Trinajstić information content (AvgIpc) is 2.23. The van der Waals surface area contributed by atoms with Crippen LogP contribution in [0.15, 0.2) is 28.3 Å². The fourth-order valence-electron chi connectivity index (χ4n) is 1.20. The number of nitrogens with zero attached hydrogens (tertiary/aromatic N) is 2. The van der Waals surface area contributed by atoms with Gasteiger partial charge in [0, 0.05) is 26.7 Å². The number of nitrogens with one attached hydrogen (secondary N) is 1. The summed E-state index contributed by atoms with van der Waals surface area (Å²) < 4.78 is 2.48. The van der Waals surface area contributed by atoms with Gasteiger partial charge in [-0.3, -0.25) is 13.9 Å². The van der Waals surface area contributed by atoms with Crippen LogP contribution in [-0.2, 0) is 14.1 Å². The zero-order valence-electron chi connectivity index (χ0n) is 8.99. The maximum absolute atomic E-state index is 11.5. The molecule has 5 nitrogen and oxygen atoms in total. The van der Waals surface area contributed by atoms with Gasteiger partial charge in [0.25, 0.3) is 5.56 Å². The Hall–Kier alpha value is -1.78. The van der Waals surface area contributed by atoms with E-state index in [4.69, 9.17) is 0 Å². The van der Waals surface area contributed by atoms with Gasteiger partial charge in [-0.25, -0.2) is 4.79 Å². The quantitative estimate of drug-likeness (QED) is 0.564. The molecule has 0 fully saturated rings. The number of aromatic nitrogens is 2. The monoisotopic (exact) mass is 209 g/mol. The minimum absolute atomic E-state index is 0.306. The minimum atomic E-state index is -0.330. The summed E-state index contributed by atoms with van der Waals surface area (Å²) in [5.74, 6) is 0.532. The van der Waals surface area contributed by atoms with Crippen molar-refractivity contribution in [1.82, 2.24) is 9.13 Å². The highest BCUT2D eigenvalue weighted by Crippen LogP contribution is 1.97. The third-order valence-corrected chi connectivity index (χ3v) is 2.18. The van der Waals surface area contributed by atoms with Gasteiger partial charge in [-0.1, -0.05) is 6.08 Å². The Morgan fingerprint density at radius 2 is 2.07 bits per heavy atom. The number of anilines is 1. The van der Waals surface area contributed by atoms with Gasteiger partial charge < -0.3 is 5.32 Å². The van der Waals surface area contributed by atoms with Gasteiger partial charge in [-0.05, 0) is 6.42 Å². The molecule has 0 bridgehead atoms. The predicted octanol–water partition coefficient (Wildman–Crippen LogP) is 0.0720. The fraction of sp³-hybridized carbons (Fsp3) is 0.400. The molecule has 0 aromatic carbocycles. The summed E-state index contributed by atoms with van der Waals surface area (Å²) in [6, 6.07) is 1.41. The number of hydrogen-bond acceptors (Lipinski definition) is 3. The maximum atomic E-state index is 11.5. The molecule has 0 spiro atoms. The summed E-state index contributed by atoms with van der Waals surface area (Å²) in [6.07, 6.45) is 2.55. The van der Waals surface area contributed by atoms with Crippen LogP contribution in [0.2, 0.25) is 0 Å². The zero-order chi connectivity index (χ0) is 11.4. The van der Waals surface area contributed by atoms with E-state index in [-0.39, 0.29) is 11.2 Å². The van der Waals surface area contributed by atoms with E-state index in [9.17, 15) is 9.59 Å². The molecule has 1 heterocycles. The molecule has 1 aromatic rings. The van der Waals surface area contributed by atoms with Crippen LogP contribution in [0.1, 0.15) is 6.42 Å². The Morgan fingerprint density at radius 3 is 2.67 bits per heavy atom. The first-order valence-corrected chi connectivity index (χ1v) is 4.69. The lowest BCUT2D eigenvalue weighted by atomic mass is 10.4. The molecule has 0 aliphatic heterocycles. The normalized spacial score (nSPS) is 10.0. The lowest BCUT2D eigenvalue weighted by Gasteiger charge is -2.10. The molecular formula is C10H15N3O2. The van der Waals surface area contributed by atoms with Crippen molar-refractivity contribution in [1.29, 1.82) is 0 Å². The van der Waals surface area contributed by atoms with Crippen molar-refractivity contribution in [2.45, 2.75) is 6.42 Å². The molecule has 0 aliphatic rings. The van der Waals surface area contributed by atoms with Crippen LogP contribution < -0.4 is 16.6 Å². The van der Waals surface area contributed by atoms with E-state index in [0.29, 0.717) is 12.4 Å². The highest BCUT2D eigenvalue weighted by Gasteiger charge is 2.03. The summed E-state index contributed by atoms with van der Waals surface area (Å²) in [4.78, 5) is 22.8. The molecule has 82 valence electrons. The third kappa shape index (κ3) is 2.37. The van der Waals surface area contributed by atoms with Crippen LogP contribution in [-0.4, -0.2) is 15.7 Å². The van der Waals surface area contributed by atoms with Gasteiger partial charge in [0.2, 0.25) is 0 Å². The van der Waals surface area contributed by atoms with Gasteiger partial charge >= 0.3 is 5.69 Å². The molecule has 0 atom stereocenters. The van der Waals surface area contributed by atoms with Gasteiger partial charge in [0.15, 0.2) is 0 Å². The molecule has 0 aliphatic carbocycles. The second-order valence-corrected chi connectivity index (χ2v) is 3.27. The van der Waals surface area contributed by atoms with Crippen molar-refractivity contribution in [2.24, 2.45) is 14.1 Å². The molecule has 15 heavy (non-hydrogen) atoms. The second-order valence-electron chi connectivity index (χ2n) is 3.27. The minimum Gasteiger partial charge on any atom is -0.371 e. The summed E-state index contributed by atoms with van der Waals surface area (Å²) in [6.45, 7) is 4.25. The summed E-state index contributed by atoms with van der Waals surface area (Å²) in [5, 5.41) is 3.00. The van der Waals surface area contributed by atoms with Crippen LogP contribution in [0.5, 0.6) is 0 Å². The molecule has 1 aromatic heterocycles. The molecule has 0 radical (unpaired) electrons. The molecule has 5 heteroatoms. The Morgan fingerprint density at radius 1 is 1.40 bits per heavy atom. The Labute approximate surface area is 87.7 Å². The van der Waals surface area contributed by atoms with Crippen molar-refractivity contribution in [2.75, 3.05) is 11.9 Å². The standard InChI is InChI=1S/C10H15N3O2/c1-4-5-6-11-8-7-9(14)13(3)10(15)12(8)2/h4,7,11H,1,5-6H2,2-3H3. The van der Waals surface area contributed by atoms with E-state index in [1.54, 1.807) is 13.1 Å². The Balaban J connectivity index is 3.04. The first kappa shape index (κ1) is 11.3. The topological polar surface area (TPSA) is 56.0 Å². The smallest absolute Gasteiger partial charge is 0.332 e. The van der Waals surface area contributed by atoms with Crippen LogP contribution >= 0.6 is 0 Å². The summed E-state index contributed by atoms with van der Waals surface area (Å²) in [7, 11) is 3.08. The SMILES string of the molecule is C=CCCNc1cc(=O)n(C)c(=O)n1C. The van der Waals surface area contributed by atoms with Crippen molar-refractivity contribution in [3.8, 4) is 0 Å². The van der Waals surface area contributed by atoms with Crippen molar-refractivity contribution < 1.29 is 0 Å². The highest BCUT2D eigenvalue weighted by molar-refractivity contribution is 5.33. The van der Waals surface area contributed by atoms with Crippen molar-refractivity contribution in [3.05, 3.63) is 39.6 Å². The number of rotatable bonds is 4. The lowest BCUT2D eigenvalue weighted by Crippen LogP contribution is -2.37. The second kappa shape index (κ2) is 4.63. The highest BCUT2D eigenvalue weighted by atomic mass is 16.2. The third-order valence-electron chi connectivity index (χ3n) is 2.18. The van der Waals surface area contributed by atoms with Crippen LogP contribution in [0.25, 0.3) is 0 Å². The maximum Gasteiger partial charge on any atom is 0.332 e. The zero-order valence-corrected chi connectivity index (χ0v) is 8.99. The van der Waals surface area contributed by atoms with E-state index in [2.05, 4.69) is 11.9 Å². The number of hydrogen-bond donors (Lipinski definition) is 1. The average molecular weight is 209 g/mol. The molecule has 1 rings (SSSR count). The van der Waals surface area contributed by atoms with Crippen molar-refractivity contribution >= 4 is 5.82 Å². The van der Waals surface area contributed by atoms with Crippen molar-refractivity contribution in [3.63, 3.8) is 0 Å². The first-order valence-electron chi connectivity index (χ1n) is 4.69. The van der Waals surface area contributed by atoms with E-state index in [1.807, 2.05) is 0 Å². The van der Waals surface area contributed by atoms with Gasteiger partial charge in [0.1, 0.15) is 5.82 Å². The van der Waals surface area contributed by atoms with Crippen LogP contribution in [0.4, 0.5) is 5.82 Å². The van der Waals surface area contributed by atoms with E-state index >= 15 is 0 Å². The summed E-state index contributed by atoms with van der Waals surface area (Å²) in [5.41, 5.74) is -0.636.